The molecule has 0 N–H and O–H groups in total. The van der Waals surface area contributed by atoms with Crippen LogP contribution in [-0.2, 0) is 0 Å². The molecule has 0 saturated carbocycles. The number of carbonyl (C=O) groups is 1. The van der Waals surface area contributed by atoms with Gasteiger partial charge in [-0.1, -0.05) is 23.4 Å². The lowest BCUT2D eigenvalue weighted by Gasteiger charge is -2.34. The van der Waals surface area contributed by atoms with Crippen molar-refractivity contribution < 1.29 is 13.7 Å². The van der Waals surface area contributed by atoms with Gasteiger partial charge in [-0.15, -0.1) is 0 Å². The standard InChI is InChI=1S/C23H19FN6O2/c24-19-7-2-4-16(15-19)20-27-21(32-28-20)17-5-1-6-18(14-17)22(31)29-10-12-30(13-11-29)23-25-8-3-9-26-23/h1-9,14-15H,10-13H2. The van der Waals surface area contributed by atoms with Crippen LogP contribution in [-0.4, -0.2) is 57.1 Å². The third-order valence-electron chi connectivity index (χ3n) is 5.27. The van der Waals surface area contributed by atoms with Gasteiger partial charge in [-0.2, -0.15) is 4.98 Å². The minimum Gasteiger partial charge on any atom is -0.337 e. The van der Waals surface area contributed by atoms with Crippen molar-refractivity contribution in [2.75, 3.05) is 31.1 Å². The number of halogens is 1. The highest BCUT2D eigenvalue weighted by Crippen LogP contribution is 2.24. The molecule has 0 radical (unpaired) electrons. The average Bonchev–Trinajstić information content (AvgIpc) is 3.35. The maximum absolute atomic E-state index is 13.5. The largest absolute Gasteiger partial charge is 0.337 e. The number of hydrogen-bond acceptors (Lipinski definition) is 7. The molecule has 3 heterocycles. The highest BCUT2D eigenvalue weighted by Gasteiger charge is 2.24. The summed E-state index contributed by atoms with van der Waals surface area (Å²) in [5.41, 5.74) is 1.69. The molecule has 0 spiro atoms. The molecule has 8 nitrogen and oxygen atoms in total. The van der Waals surface area contributed by atoms with Crippen LogP contribution in [0, 0.1) is 5.82 Å². The normalized spacial score (nSPS) is 13.9. The van der Waals surface area contributed by atoms with Crippen LogP contribution in [0.15, 0.2) is 71.5 Å². The minimum absolute atomic E-state index is 0.0645. The van der Waals surface area contributed by atoms with E-state index >= 15 is 0 Å². The number of anilines is 1. The van der Waals surface area contributed by atoms with E-state index < -0.39 is 0 Å². The predicted octanol–water partition coefficient (Wildman–Crippen LogP) is 3.30. The average molecular weight is 430 g/mol. The topological polar surface area (TPSA) is 88.3 Å². The van der Waals surface area contributed by atoms with E-state index in [4.69, 9.17) is 4.52 Å². The van der Waals surface area contributed by atoms with E-state index in [0.717, 1.165) is 0 Å². The van der Waals surface area contributed by atoms with Gasteiger partial charge in [0, 0.05) is 55.3 Å². The van der Waals surface area contributed by atoms with Crippen LogP contribution in [0.3, 0.4) is 0 Å². The van der Waals surface area contributed by atoms with Crippen LogP contribution in [0.4, 0.5) is 10.3 Å². The van der Waals surface area contributed by atoms with Crippen molar-refractivity contribution in [1.29, 1.82) is 0 Å². The zero-order chi connectivity index (χ0) is 21.9. The van der Waals surface area contributed by atoms with Crippen molar-refractivity contribution in [1.82, 2.24) is 25.0 Å². The highest BCUT2D eigenvalue weighted by atomic mass is 19.1. The number of piperazine rings is 1. The Morgan fingerprint density at radius 1 is 0.906 bits per heavy atom. The van der Waals surface area contributed by atoms with E-state index in [1.54, 1.807) is 54.9 Å². The molecule has 9 heteroatoms. The summed E-state index contributed by atoms with van der Waals surface area (Å²) in [6.45, 7) is 2.48. The molecule has 0 atom stereocenters. The van der Waals surface area contributed by atoms with Crippen molar-refractivity contribution in [3.63, 3.8) is 0 Å². The monoisotopic (exact) mass is 430 g/mol. The van der Waals surface area contributed by atoms with Crippen LogP contribution in [0.5, 0.6) is 0 Å². The van der Waals surface area contributed by atoms with Crippen LogP contribution < -0.4 is 4.90 Å². The number of carbonyl (C=O) groups excluding carboxylic acids is 1. The highest BCUT2D eigenvalue weighted by molar-refractivity contribution is 5.95. The number of hydrogen-bond donors (Lipinski definition) is 0. The van der Waals surface area contributed by atoms with E-state index in [-0.39, 0.29) is 23.4 Å². The second kappa shape index (κ2) is 8.54. The number of amides is 1. The van der Waals surface area contributed by atoms with Gasteiger partial charge in [0.25, 0.3) is 11.8 Å². The Balaban J connectivity index is 1.30. The zero-order valence-corrected chi connectivity index (χ0v) is 17.1. The molecule has 5 rings (SSSR count). The Bertz CT molecular complexity index is 1240. The zero-order valence-electron chi connectivity index (χ0n) is 17.1. The summed E-state index contributed by atoms with van der Waals surface area (Å²) in [5, 5.41) is 3.94. The van der Waals surface area contributed by atoms with Gasteiger partial charge in [0.05, 0.1) is 0 Å². The van der Waals surface area contributed by atoms with E-state index in [1.165, 1.54) is 12.1 Å². The molecule has 32 heavy (non-hydrogen) atoms. The molecule has 1 fully saturated rings. The summed E-state index contributed by atoms with van der Waals surface area (Å²) in [4.78, 5) is 29.8. The molecule has 0 aliphatic carbocycles. The molecular formula is C23H19FN6O2. The van der Waals surface area contributed by atoms with E-state index in [0.29, 0.717) is 48.8 Å². The number of benzene rings is 2. The first-order chi connectivity index (χ1) is 15.7. The maximum atomic E-state index is 13.5. The second-order valence-corrected chi connectivity index (χ2v) is 7.34. The smallest absolute Gasteiger partial charge is 0.258 e. The SMILES string of the molecule is O=C(c1cccc(-c2nc(-c3cccc(F)c3)no2)c1)N1CCN(c2ncccn2)CC1. The molecule has 1 amide bonds. The minimum atomic E-state index is -0.375. The van der Waals surface area contributed by atoms with Gasteiger partial charge in [-0.3, -0.25) is 4.79 Å². The molecule has 2 aromatic heterocycles. The number of nitrogens with zero attached hydrogens (tertiary/aromatic N) is 6. The third-order valence-corrected chi connectivity index (χ3v) is 5.27. The molecule has 0 bridgehead atoms. The van der Waals surface area contributed by atoms with Crippen molar-refractivity contribution in [3.05, 3.63) is 78.4 Å². The molecule has 2 aromatic carbocycles. The Morgan fingerprint density at radius 2 is 1.66 bits per heavy atom. The molecule has 160 valence electrons. The Hall–Kier alpha value is -4.14. The summed E-state index contributed by atoms with van der Waals surface area (Å²) in [6.07, 6.45) is 3.42. The summed E-state index contributed by atoms with van der Waals surface area (Å²) in [6, 6.07) is 14.8. The summed E-state index contributed by atoms with van der Waals surface area (Å²) < 4.78 is 18.8. The summed E-state index contributed by atoms with van der Waals surface area (Å²) in [5.74, 6) is 0.790. The van der Waals surface area contributed by atoms with Crippen molar-refractivity contribution >= 4 is 11.9 Å². The lowest BCUT2D eigenvalue weighted by atomic mass is 10.1. The van der Waals surface area contributed by atoms with Gasteiger partial charge < -0.3 is 14.3 Å². The van der Waals surface area contributed by atoms with Crippen LogP contribution in [0.25, 0.3) is 22.8 Å². The lowest BCUT2D eigenvalue weighted by molar-refractivity contribution is 0.0746. The molecule has 0 unspecified atom stereocenters. The fraction of sp³-hybridized carbons (Fsp3) is 0.174. The van der Waals surface area contributed by atoms with Crippen molar-refractivity contribution in [2.24, 2.45) is 0 Å². The quantitative estimate of drug-likeness (QED) is 0.491. The molecule has 4 aromatic rings. The Kier molecular flexibility index (Phi) is 5.29. The fourth-order valence-corrected chi connectivity index (χ4v) is 3.62. The molecule has 1 aliphatic rings. The Morgan fingerprint density at radius 3 is 2.44 bits per heavy atom. The number of rotatable bonds is 4. The van der Waals surface area contributed by atoms with E-state index in [2.05, 4.69) is 25.0 Å². The molecule has 1 saturated heterocycles. The van der Waals surface area contributed by atoms with Gasteiger partial charge in [0.1, 0.15) is 5.82 Å². The van der Waals surface area contributed by atoms with Crippen molar-refractivity contribution in [2.45, 2.75) is 0 Å². The van der Waals surface area contributed by atoms with E-state index in [1.807, 2.05) is 4.90 Å². The predicted molar refractivity (Wildman–Crippen MR) is 115 cm³/mol. The third kappa shape index (κ3) is 4.04. The van der Waals surface area contributed by atoms with Crippen LogP contribution in [0.1, 0.15) is 10.4 Å². The first-order valence-electron chi connectivity index (χ1n) is 10.2. The first-order valence-corrected chi connectivity index (χ1v) is 10.2. The lowest BCUT2D eigenvalue weighted by Crippen LogP contribution is -2.49. The molecular weight excluding hydrogens is 411 g/mol. The molecule has 1 aliphatic heterocycles. The number of aromatic nitrogens is 4. The van der Waals surface area contributed by atoms with Gasteiger partial charge in [0.2, 0.25) is 11.8 Å². The summed E-state index contributed by atoms with van der Waals surface area (Å²) in [7, 11) is 0. The maximum Gasteiger partial charge on any atom is 0.258 e. The van der Waals surface area contributed by atoms with Gasteiger partial charge in [-0.25, -0.2) is 14.4 Å². The van der Waals surface area contributed by atoms with Gasteiger partial charge in [-0.05, 0) is 36.4 Å². The van der Waals surface area contributed by atoms with Gasteiger partial charge in [0.15, 0.2) is 0 Å². The second-order valence-electron chi connectivity index (χ2n) is 7.34. The van der Waals surface area contributed by atoms with Crippen molar-refractivity contribution in [3.8, 4) is 22.8 Å². The van der Waals surface area contributed by atoms with Crippen LogP contribution in [0.2, 0.25) is 0 Å². The van der Waals surface area contributed by atoms with Crippen LogP contribution >= 0.6 is 0 Å². The first kappa shape index (κ1) is 19.8. The fourth-order valence-electron chi connectivity index (χ4n) is 3.62. The van der Waals surface area contributed by atoms with E-state index in [9.17, 15) is 9.18 Å². The summed E-state index contributed by atoms with van der Waals surface area (Å²) >= 11 is 0. The van der Waals surface area contributed by atoms with Gasteiger partial charge >= 0.3 is 0 Å². The Labute approximate surface area is 183 Å².